The molecule has 7 heteroatoms. The molecule has 3 aromatic rings. The van der Waals surface area contributed by atoms with Crippen LogP contribution in [0, 0.1) is 5.82 Å². The van der Waals surface area contributed by atoms with E-state index in [-0.39, 0.29) is 22.9 Å². The molecule has 1 unspecified atom stereocenters. The van der Waals surface area contributed by atoms with Crippen LogP contribution in [0.15, 0.2) is 64.5 Å². The first-order chi connectivity index (χ1) is 14.4. The zero-order valence-corrected chi connectivity index (χ0v) is 18.5. The zero-order chi connectivity index (χ0) is 21.4. The van der Waals surface area contributed by atoms with Crippen LogP contribution in [0.2, 0.25) is 0 Å². The summed E-state index contributed by atoms with van der Waals surface area (Å²) >= 11 is 0. The molecule has 2 atom stereocenters. The van der Waals surface area contributed by atoms with Crippen molar-refractivity contribution in [2.24, 2.45) is 12.0 Å². The van der Waals surface area contributed by atoms with Gasteiger partial charge in [-0.3, -0.25) is 14.0 Å². The number of hydrogen-bond donors (Lipinski definition) is 0. The third-order valence-corrected chi connectivity index (χ3v) is 6.73. The molecule has 1 aliphatic heterocycles. The maximum atomic E-state index is 13.5. The molecule has 0 saturated heterocycles. The van der Waals surface area contributed by atoms with Gasteiger partial charge in [0, 0.05) is 58.3 Å². The van der Waals surface area contributed by atoms with Crippen LogP contribution in [-0.4, -0.2) is 25.7 Å². The Morgan fingerprint density at radius 1 is 1.06 bits per heavy atom. The Morgan fingerprint density at radius 3 is 2.45 bits per heavy atom. The molecule has 2 aromatic carbocycles. The highest BCUT2D eigenvalue weighted by Gasteiger charge is 2.24. The molecule has 0 aliphatic carbocycles. The van der Waals surface area contributed by atoms with E-state index >= 15 is 0 Å². The van der Waals surface area contributed by atoms with E-state index in [1.165, 1.54) is 12.1 Å². The van der Waals surface area contributed by atoms with E-state index in [2.05, 4.69) is 0 Å². The van der Waals surface area contributed by atoms with Crippen LogP contribution in [0.3, 0.4) is 0 Å². The highest BCUT2D eigenvalue weighted by atomic mass is 32.2. The Kier molecular flexibility index (Phi) is 6.67. The SMILES string of the molecule is CCS(=O)Cc1ccc2c(c1)-c1cn(C)c(=O)cc1[C@H](C)N=C2c1ccc(F)cc1.O. The molecule has 0 radical (unpaired) electrons. The molecule has 0 saturated carbocycles. The van der Waals surface area contributed by atoms with E-state index in [1.54, 1.807) is 29.8 Å². The van der Waals surface area contributed by atoms with Crippen LogP contribution in [0.4, 0.5) is 4.39 Å². The first-order valence-electron chi connectivity index (χ1n) is 9.90. The molecule has 31 heavy (non-hydrogen) atoms. The van der Waals surface area contributed by atoms with Gasteiger partial charge in [-0.1, -0.05) is 19.1 Å². The average molecular weight is 441 g/mol. The monoisotopic (exact) mass is 440 g/mol. The predicted molar refractivity (Wildman–Crippen MR) is 124 cm³/mol. The molecule has 2 heterocycles. The molecule has 1 aliphatic rings. The van der Waals surface area contributed by atoms with Crippen LogP contribution in [0.25, 0.3) is 11.1 Å². The second-order valence-electron chi connectivity index (χ2n) is 7.50. The summed E-state index contributed by atoms with van der Waals surface area (Å²) in [5.74, 6) is 0.773. The second kappa shape index (κ2) is 9.08. The second-order valence-corrected chi connectivity index (χ2v) is 9.25. The molecule has 0 bridgehead atoms. The molecule has 0 amide bonds. The summed E-state index contributed by atoms with van der Waals surface area (Å²) in [7, 11) is 0.801. The largest absolute Gasteiger partial charge is 0.412 e. The summed E-state index contributed by atoms with van der Waals surface area (Å²) in [5, 5.41) is 0. The summed E-state index contributed by atoms with van der Waals surface area (Å²) in [5.41, 5.74) is 6.10. The number of hydrogen-bond acceptors (Lipinski definition) is 3. The molecule has 0 fully saturated rings. The predicted octanol–water partition coefficient (Wildman–Crippen LogP) is 3.55. The van der Waals surface area contributed by atoms with Crippen molar-refractivity contribution in [2.75, 3.05) is 5.75 Å². The van der Waals surface area contributed by atoms with Crippen molar-refractivity contribution < 1.29 is 14.1 Å². The minimum Gasteiger partial charge on any atom is -0.412 e. The van der Waals surface area contributed by atoms with Crippen molar-refractivity contribution in [1.29, 1.82) is 0 Å². The van der Waals surface area contributed by atoms with E-state index in [4.69, 9.17) is 4.99 Å². The number of nitrogens with zero attached hydrogens (tertiary/aromatic N) is 2. The van der Waals surface area contributed by atoms with Crippen molar-refractivity contribution in [1.82, 2.24) is 4.57 Å². The summed E-state index contributed by atoms with van der Waals surface area (Å²) in [6, 6.07) is 13.7. The summed E-state index contributed by atoms with van der Waals surface area (Å²) in [6.45, 7) is 3.87. The smallest absolute Gasteiger partial charge is 0.250 e. The first kappa shape index (κ1) is 22.8. The number of fused-ring (bicyclic) bond motifs is 3. The van der Waals surface area contributed by atoms with Gasteiger partial charge in [-0.25, -0.2) is 4.39 Å². The molecule has 1 aromatic heterocycles. The Labute approximate surface area is 183 Å². The molecule has 5 nitrogen and oxygen atoms in total. The normalized spacial score (nSPS) is 15.7. The molecule has 4 rings (SSSR count). The molecule has 0 spiro atoms. The maximum Gasteiger partial charge on any atom is 0.250 e. The lowest BCUT2D eigenvalue weighted by Gasteiger charge is -2.15. The summed E-state index contributed by atoms with van der Waals surface area (Å²) < 4.78 is 27.2. The topological polar surface area (TPSA) is 82.9 Å². The molecule has 162 valence electrons. The minimum atomic E-state index is -0.930. The van der Waals surface area contributed by atoms with Crippen LogP contribution < -0.4 is 5.56 Å². The highest BCUT2D eigenvalue weighted by molar-refractivity contribution is 7.84. The average Bonchev–Trinajstić information content (AvgIpc) is 2.84. The number of pyridine rings is 1. The summed E-state index contributed by atoms with van der Waals surface area (Å²) in [4.78, 5) is 17.3. The quantitative estimate of drug-likeness (QED) is 0.622. The lowest BCUT2D eigenvalue weighted by molar-refractivity contribution is 0.628. The fourth-order valence-electron chi connectivity index (χ4n) is 3.78. The van der Waals surface area contributed by atoms with Gasteiger partial charge in [-0.2, -0.15) is 0 Å². The van der Waals surface area contributed by atoms with Crippen LogP contribution in [0.5, 0.6) is 0 Å². The summed E-state index contributed by atoms with van der Waals surface area (Å²) in [6.07, 6.45) is 1.84. The molecular weight excluding hydrogens is 415 g/mol. The lowest BCUT2D eigenvalue weighted by Crippen LogP contribution is -2.17. The number of aliphatic imine (C=N–C) groups is 1. The van der Waals surface area contributed by atoms with Crippen molar-refractivity contribution in [3.05, 3.63) is 93.2 Å². The number of rotatable bonds is 4. The Hall–Kier alpha value is -2.90. The number of aryl methyl sites for hydroxylation is 1. The van der Waals surface area contributed by atoms with Crippen molar-refractivity contribution in [3.8, 4) is 11.1 Å². The van der Waals surface area contributed by atoms with Gasteiger partial charge >= 0.3 is 0 Å². The number of halogens is 1. The Morgan fingerprint density at radius 2 is 1.77 bits per heavy atom. The van der Waals surface area contributed by atoms with E-state index in [0.717, 1.165) is 39.1 Å². The van der Waals surface area contributed by atoms with Crippen LogP contribution >= 0.6 is 0 Å². The van der Waals surface area contributed by atoms with Gasteiger partial charge in [0.1, 0.15) is 5.82 Å². The van der Waals surface area contributed by atoms with Gasteiger partial charge in [0.25, 0.3) is 5.56 Å². The highest BCUT2D eigenvalue weighted by Crippen LogP contribution is 2.37. The van der Waals surface area contributed by atoms with Gasteiger partial charge in [0.15, 0.2) is 0 Å². The van der Waals surface area contributed by atoms with Crippen molar-refractivity contribution in [3.63, 3.8) is 0 Å². The van der Waals surface area contributed by atoms with Gasteiger partial charge in [0.2, 0.25) is 0 Å². The maximum absolute atomic E-state index is 13.5. The fraction of sp³-hybridized carbons (Fsp3) is 0.250. The number of benzene rings is 2. The van der Waals surface area contributed by atoms with Crippen molar-refractivity contribution in [2.45, 2.75) is 25.6 Å². The van der Waals surface area contributed by atoms with E-state index in [0.29, 0.717) is 11.5 Å². The van der Waals surface area contributed by atoms with E-state index < -0.39 is 10.8 Å². The van der Waals surface area contributed by atoms with Gasteiger partial charge < -0.3 is 10.0 Å². The van der Waals surface area contributed by atoms with E-state index in [1.807, 2.05) is 38.2 Å². The first-order valence-corrected chi connectivity index (χ1v) is 11.4. The van der Waals surface area contributed by atoms with Gasteiger partial charge in [0.05, 0.1) is 11.8 Å². The minimum absolute atomic E-state index is 0. The van der Waals surface area contributed by atoms with E-state index in [9.17, 15) is 13.4 Å². The number of aromatic nitrogens is 1. The molecular formula is C24H25FN2O3S. The fourth-order valence-corrected chi connectivity index (χ4v) is 4.54. The zero-order valence-electron chi connectivity index (χ0n) is 17.7. The Bertz CT molecular complexity index is 1230. The standard InChI is InChI=1S/C24H23FN2O2S.H2O/c1-4-30(29)14-16-5-10-19-21(11-16)22-13-27(3)23(28)12-20(22)15(2)26-24(19)17-6-8-18(25)9-7-17;/h5-13,15H,4,14H2,1-3H3;1H2/t15-,30?;/m0./s1. The molecule has 2 N–H and O–H groups in total. The lowest BCUT2D eigenvalue weighted by atomic mass is 9.91. The van der Waals surface area contributed by atoms with Gasteiger partial charge in [-0.05, 0) is 53.9 Å². The Balaban J connectivity index is 0.00000272. The van der Waals surface area contributed by atoms with Crippen LogP contribution in [0.1, 0.15) is 42.1 Å². The van der Waals surface area contributed by atoms with Gasteiger partial charge in [-0.15, -0.1) is 0 Å². The third-order valence-electron chi connectivity index (χ3n) is 5.43. The third kappa shape index (κ3) is 4.43. The van der Waals surface area contributed by atoms with Crippen LogP contribution in [-0.2, 0) is 23.6 Å². The van der Waals surface area contributed by atoms with Crippen molar-refractivity contribution >= 4 is 16.5 Å².